The van der Waals surface area contributed by atoms with E-state index < -0.39 is 11.6 Å². The van der Waals surface area contributed by atoms with Gasteiger partial charge in [0.15, 0.2) is 0 Å². The van der Waals surface area contributed by atoms with Crippen LogP contribution in [0.2, 0.25) is 0 Å². The molecule has 5 heteroatoms. The van der Waals surface area contributed by atoms with E-state index in [-0.39, 0.29) is 10.2 Å². The minimum Gasteiger partial charge on any atom is -0.383 e. The molecule has 0 aromatic heterocycles. The molecule has 0 aliphatic heterocycles. The molecule has 0 saturated carbocycles. The van der Waals surface area contributed by atoms with Crippen molar-refractivity contribution in [2.75, 3.05) is 11.9 Å². The average molecular weight is 289 g/mol. The molecule has 0 bridgehead atoms. The maximum atomic E-state index is 13.3. The molecule has 1 rings (SSSR count). The van der Waals surface area contributed by atoms with Crippen LogP contribution in [0.25, 0.3) is 0 Å². The molecule has 86 valence electrons. The van der Waals surface area contributed by atoms with Crippen LogP contribution in [-0.2, 0) is 0 Å². The first-order valence-electron chi connectivity index (χ1n) is 4.90. The molecule has 0 heterocycles. The molecule has 1 N–H and O–H groups in total. The van der Waals surface area contributed by atoms with Gasteiger partial charge in [-0.1, -0.05) is 0 Å². The van der Waals surface area contributed by atoms with Crippen molar-refractivity contribution >= 4 is 21.6 Å². The maximum Gasteiger partial charge on any atom is 0.147 e. The van der Waals surface area contributed by atoms with Crippen molar-refractivity contribution in [3.05, 3.63) is 28.2 Å². The third kappa shape index (κ3) is 3.78. The van der Waals surface area contributed by atoms with Crippen molar-refractivity contribution in [2.45, 2.75) is 19.3 Å². The van der Waals surface area contributed by atoms with Gasteiger partial charge in [0.25, 0.3) is 0 Å². The highest BCUT2D eigenvalue weighted by atomic mass is 79.9. The number of nitriles is 1. The molecule has 16 heavy (non-hydrogen) atoms. The van der Waals surface area contributed by atoms with Crippen molar-refractivity contribution in [1.29, 1.82) is 5.26 Å². The van der Waals surface area contributed by atoms with Crippen LogP contribution < -0.4 is 5.32 Å². The van der Waals surface area contributed by atoms with E-state index in [2.05, 4.69) is 21.2 Å². The van der Waals surface area contributed by atoms with Crippen molar-refractivity contribution < 1.29 is 8.78 Å². The molecule has 2 nitrogen and oxygen atoms in total. The van der Waals surface area contributed by atoms with Crippen LogP contribution >= 0.6 is 15.9 Å². The summed E-state index contributed by atoms with van der Waals surface area (Å²) in [6.07, 6.45) is 1.99. The summed E-state index contributed by atoms with van der Waals surface area (Å²) in [6, 6.07) is 4.23. The second-order valence-electron chi connectivity index (χ2n) is 3.29. The molecule has 0 saturated heterocycles. The molecular weight excluding hydrogens is 278 g/mol. The second kappa shape index (κ2) is 6.44. The smallest absolute Gasteiger partial charge is 0.147 e. The van der Waals surface area contributed by atoms with Gasteiger partial charge in [-0.3, -0.25) is 0 Å². The first-order valence-corrected chi connectivity index (χ1v) is 5.70. The number of benzene rings is 1. The average Bonchev–Trinajstić information content (AvgIpc) is 2.25. The zero-order valence-electron chi connectivity index (χ0n) is 8.56. The first-order chi connectivity index (χ1) is 7.65. The van der Waals surface area contributed by atoms with Crippen molar-refractivity contribution in [1.82, 2.24) is 0 Å². The van der Waals surface area contributed by atoms with Crippen LogP contribution in [0, 0.1) is 23.0 Å². The van der Waals surface area contributed by atoms with Crippen LogP contribution in [0.1, 0.15) is 19.3 Å². The van der Waals surface area contributed by atoms with Gasteiger partial charge < -0.3 is 5.32 Å². The van der Waals surface area contributed by atoms with Gasteiger partial charge in [-0.15, -0.1) is 0 Å². The predicted molar refractivity (Wildman–Crippen MR) is 62.0 cm³/mol. The Balaban J connectivity index is 2.48. The van der Waals surface area contributed by atoms with Crippen molar-refractivity contribution in [2.24, 2.45) is 0 Å². The largest absolute Gasteiger partial charge is 0.383 e. The van der Waals surface area contributed by atoms with Crippen LogP contribution in [0.3, 0.4) is 0 Å². The fourth-order valence-corrected chi connectivity index (χ4v) is 1.53. The summed E-state index contributed by atoms with van der Waals surface area (Å²) in [5.74, 6) is -0.991. The lowest BCUT2D eigenvalue weighted by atomic mass is 10.2. The molecule has 0 amide bonds. The Labute approximate surface area is 101 Å². The molecule has 1 aromatic carbocycles. The van der Waals surface area contributed by atoms with E-state index >= 15 is 0 Å². The van der Waals surface area contributed by atoms with Gasteiger partial charge in [0.05, 0.1) is 16.2 Å². The Kier molecular flexibility index (Phi) is 5.20. The fourth-order valence-electron chi connectivity index (χ4n) is 1.21. The molecule has 0 radical (unpaired) electrons. The van der Waals surface area contributed by atoms with E-state index in [1.54, 1.807) is 0 Å². The monoisotopic (exact) mass is 288 g/mol. The van der Waals surface area contributed by atoms with Gasteiger partial charge >= 0.3 is 0 Å². The summed E-state index contributed by atoms with van der Waals surface area (Å²) in [6.45, 7) is 0.527. The number of anilines is 1. The Hall–Kier alpha value is -1.15. The van der Waals surface area contributed by atoms with Crippen molar-refractivity contribution in [3.8, 4) is 6.07 Å². The van der Waals surface area contributed by atoms with E-state index in [0.29, 0.717) is 13.0 Å². The standard InChI is InChI=1S/C11H11BrF2N2/c12-8-6-10(14)11(7-9(8)13)16-5-3-1-2-4-15/h6-7,16H,1-3,5H2. The summed E-state index contributed by atoms with van der Waals surface area (Å²) in [7, 11) is 0. The predicted octanol–water partition coefficient (Wildman–Crippen LogP) is 3.83. The molecular formula is C11H11BrF2N2. The summed E-state index contributed by atoms with van der Waals surface area (Å²) in [5.41, 5.74) is 0.151. The molecule has 0 aliphatic carbocycles. The van der Waals surface area contributed by atoms with Gasteiger partial charge in [0.2, 0.25) is 0 Å². The Morgan fingerprint density at radius 3 is 2.69 bits per heavy atom. The normalized spacial score (nSPS) is 9.88. The van der Waals surface area contributed by atoms with Gasteiger partial charge in [-0.05, 0) is 34.8 Å². The topological polar surface area (TPSA) is 35.8 Å². The number of hydrogen-bond donors (Lipinski definition) is 1. The Bertz CT molecular complexity index is 402. The van der Waals surface area contributed by atoms with E-state index in [9.17, 15) is 8.78 Å². The molecule has 0 unspecified atom stereocenters. The summed E-state index contributed by atoms with van der Waals surface area (Å²) in [4.78, 5) is 0. The highest BCUT2D eigenvalue weighted by Crippen LogP contribution is 2.23. The lowest BCUT2D eigenvalue weighted by molar-refractivity contribution is 0.596. The van der Waals surface area contributed by atoms with Crippen LogP contribution in [0.5, 0.6) is 0 Å². The fraction of sp³-hybridized carbons (Fsp3) is 0.364. The minimum atomic E-state index is -0.499. The maximum absolute atomic E-state index is 13.3. The molecule has 0 atom stereocenters. The van der Waals surface area contributed by atoms with Crippen LogP contribution in [0.15, 0.2) is 16.6 Å². The Morgan fingerprint density at radius 2 is 2.00 bits per heavy atom. The number of nitrogens with zero attached hydrogens (tertiary/aromatic N) is 1. The first kappa shape index (κ1) is 12.9. The molecule has 0 spiro atoms. The molecule has 0 fully saturated rings. The SMILES string of the molecule is N#CCCCCNc1cc(F)c(Br)cc1F. The Morgan fingerprint density at radius 1 is 1.25 bits per heavy atom. The lowest BCUT2D eigenvalue weighted by Gasteiger charge is -2.07. The number of rotatable bonds is 5. The zero-order chi connectivity index (χ0) is 12.0. The van der Waals surface area contributed by atoms with E-state index in [4.69, 9.17) is 5.26 Å². The summed E-state index contributed by atoms with van der Waals surface area (Å²) in [5, 5.41) is 11.1. The summed E-state index contributed by atoms with van der Waals surface area (Å²) < 4.78 is 26.5. The van der Waals surface area contributed by atoms with Crippen LogP contribution in [-0.4, -0.2) is 6.54 Å². The third-order valence-electron chi connectivity index (χ3n) is 2.04. The third-order valence-corrected chi connectivity index (χ3v) is 2.65. The highest BCUT2D eigenvalue weighted by Gasteiger charge is 2.07. The molecule has 1 aromatic rings. The van der Waals surface area contributed by atoms with Crippen molar-refractivity contribution in [3.63, 3.8) is 0 Å². The second-order valence-corrected chi connectivity index (χ2v) is 4.14. The van der Waals surface area contributed by atoms with E-state index in [1.165, 1.54) is 0 Å². The highest BCUT2D eigenvalue weighted by molar-refractivity contribution is 9.10. The minimum absolute atomic E-state index is 0.111. The number of halogens is 3. The van der Waals surface area contributed by atoms with E-state index in [0.717, 1.165) is 25.0 Å². The van der Waals surface area contributed by atoms with E-state index in [1.807, 2.05) is 6.07 Å². The van der Waals surface area contributed by atoms with Gasteiger partial charge in [0.1, 0.15) is 11.6 Å². The van der Waals surface area contributed by atoms with Crippen LogP contribution in [0.4, 0.5) is 14.5 Å². The zero-order valence-corrected chi connectivity index (χ0v) is 10.2. The van der Waals surface area contributed by atoms with Gasteiger partial charge in [-0.2, -0.15) is 5.26 Å². The number of hydrogen-bond acceptors (Lipinski definition) is 2. The number of unbranched alkanes of at least 4 members (excludes halogenated alkanes) is 2. The molecule has 0 aliphatic rings. The number of nitrogens with one attached hydrogen (secondary N) is 1. The summed E-state index contributed by atoms with van der Waals surface area (Å²) >= 11 is 2.90. The quantitative estimate of drug-likeness (QED) is 0.660. The van der Waals surface area contributed by atoms with Gasteiger partial charge in [0, 0.05) is 19.0 Å². The van der Waals surface area contributed by atoms with Gasteiger partial charge in [-0.25, -0.2) is 8.78 Å². The lowest BCUT2D eigenvalue weighted by Crippen LogP contribution is -2.04.